The highest BCUT2D eigenvalue weighted by molar-refractivity contribution is 6.10. The number of methoxy groups -OCH3 is 2. The van der Waals surface area contributed by atoms with Crippen LogP contribution in [0.3, 0.4) is 0 Å². The summed E-state index contributed by atoms with van der Waals surface area (Å²) in [6, 6.07) is 17.1. The largest absolute Gasteiger partial charge is 0.497 e. The van der Waals surface area contributed by atoms with Crippen LogP contribution in [0.15, 0.2) is 82.5 Å². The zero-order valence-electron chi connectivity index (χ0n) is 20.2. The SMILES string of the molecule is C=CCOc1ccc(C2c3c(oc4ccc(C)cc4c3=O)C(=O)N2c2cccc(OC)c2)cc1OC. The van der Waals surface area contributed by atoms with Gasteiger partial charge in [-0.15, -0.1) is 0 Å². The van der Waals surface area contributed by atoms with E-state index in [-0.39, 0.29) is 16.8 Å². The van der Waals surface area contributed by atoms with Gasteiger partial charge in [0.1, 0.15) is 17.9 Å². The molecule has 36 heavy (non-hydrogen) atoms. The van der Waals surface area contributed by atoms with E-state index in [2.05, 4.69) is 6.58 Å². The molecule has 0 radical (unpaired) electrons. The molecule has 0 spiro atoms. The highest BCUT2D eigenvalue weighted by atomic mass is 16.5. The highest BCUT2D eigenvalue weighted by Gasteiger charge is 2.44. The predicted molar refractivity (Wildman–Crippen MR) is 138 cm³/mol. The fourth-order valence-corrected chi connectivity index (χ4v) is 4.55. The van der Waals surface area contributed by atoms with Gasteiger partial charge in [0.15, 0.2) is 16.9 Å². The van der Waals surface area contributed by atoms with Crippen LogP contribution in [0, 0.1) is 6.92 Å². The van der Waals surface area contributed by atoms with E-state index < -0.39 is 11.9 Å². The van der Waals surface area contributed by atoms with Gasteiger partial charge >= 0.3 is 0 Å². The van der Waals surface area contributed by atoms with Crippen molar-refractivity contribution in [3.63, 3.8) is 0 Å². The Kier molecular flexibility index (Phi) is 5.98. The third-order valence-corrected chi connectivity index (χ3v) is 6.22. The van der Waals surface area contributed by atoms with Crippen LogP contribution in [0.2, 0.25) is 0 Å². The summed E-state index contributed by atoms with van der Waals surface area (Å²) in [6.45, 7) is 5.90. The molecule has 1 amide bonds. The predicted octanol–water partition coefficient (Wildman–Crippen LogP) is 5.43. The van der Waals surface area contributed by atoms with E-state index in [4.69, 9.17) is 18.6 Å². The molecular formula is C29H25NO6. The van der Waals surface area contributed by atoms with Crippen LogP contribution in [0.1, 0.15) is 33.3 Å². The maximum atomic E-state index is 13.8. The molecule has 7 heteroatoms. The van der Waals surface area contributed by atoms with Crippen molar-refractivity contribution in [3.8, 4) is 17.2 Å². The molecule has 0 saturated carbocycles. The lowest BCUT2D eigenvalue weighted by Crippen LogP contribution is -2.29. The van der Waals surface area contributed by atoms with Gasteiger partial charge in [0.25, 0.3) is 5.91 Å². The Labute approximate surface area is 208 Å². The molecule has 1 aliphatic rings. The zero-order valence-corrected chi connectivity index (χ0v) is 20.2. The summed E-state index contributed by atoms with van der Waals surface area (Å²) in [5, 5.41) is 0.428. The molecule has 1 aromatic heterocycles. The van der Waals surface area contributed by atoms with Crippen molar-refractivity contribution in [3.05, 3.63) is 106 Å². The van der Waals surface area contributed by atoms with Crippen LogP contribution in [-0.2, 0) is 0 Å². The van der Waals surface area contributed by atoms with E-state index >= 15 is 0 Å². The number of hydrogen-bond donors (Lipinski definition) is 0. The fraction of sp³-hybridized carbons (Fsp3) is 0.172. The van der Waals surface area contributed by atoms with Gasteiger partial charge in [0.2, 0.25) is 5.76 Å². The maximum absolute atomic E-state index is 13.8. The van der Waals surface area contributed by atoms with Crippen molar-refractivity contribution in [2.45, 2.75) is 13.0 Å². The Morgan fingerprint density at radius 3 is 2.58 bits per heavy atom. The normalized spacial score (nSPS) is 14.6. The lowest BCUT2D eigenvalue weighted by atomic mass is 9.97. The Balaban J connectivity index is 1.76. The molecule has 182 valence electrons. The van der Waals surface area contributed by atoms with Gasteiger partial charge in [0.05, 0.1) is 31.2 Å². The molecule has 2 heterocycles. The number of hydrogen-bond acceptors (Lipinski definition) is 6. The smallest absolute Gasteiger partial charge is 0.295 e. The highest BCUT2D eigenvalue weighted by Crippen LogP contribution is 2.43. The molecular weight excluding hydrogens is 458 g/mol. The van der Waals surface area contributed by atoms with Gasteiger partial charge in [-0.05, 0) is 48.9 Å². The van der Waals surface area contributed by atoms with Crippen LogP contribution in [0.4, 0.5) is 5.69 Å². The van der Waals surface area contributed by atoms with E-state index in [1.54, 1.807) is 66.6 Å². The van der Waals surface area contributed by atoms with Crippen molar-refractivity contribution < 1.29 is 23.4 Å². The Morgan fingerprint density at radius 1 is 1.00 bits per heavy atom. The fourth-order valence-electron chi connectivity index (χ4n) is 4.55. The molecule has 0 aliphatic carbocycles. The average Bonchev–Trinajstić information content (AvgIpc) is 3.20. The summed E-state index contributed by atoms with van der Waals surface area (Å²) >= 11 is 0. The number of aryl methyl sites for hydroxylation is 1. The van der Waals surface area contributed by atoms with Crippen molar-refractivity contribution in [2.75, 3.05) is 25.7 Å². The van der Waals surface area contributed by atoms with Gasteiger partial charge in [-0.1, -0.05) is 36.4 Å². The quantitative estimate of drug-likeness (QED) is 0.326. The van der Waals surface area contributed by atoms with E-state index in [0.29, 0.717) is 46.1 Å². The average molecular weight is 484 g/mol. The molecule has 0 N–H and O–H groups in total. The molecule has 0 bridgehead atoms. The second-order valence-electron chi connectivity index (χ2n) is 8.46. The second kappa shape index (κ2) is 9.26. The van der Waals surface area contributed by atoms with Crippen molar-refractivity contribution in [1.82, 2.24) is 0 Å². The number of ether oxygens (including phenoxy) is 3. The van der Waals surface area contributed by atoms with Crippen LogP contribution in [0.25, 0.3) is 11.0 Å². The number of rotatable bonds is 7. The van der Waals surface area contributed by atoms with E-state index in [1.807, 2.05) is 19.1 Å². The second-order valence-corrected chi connectivity index (χ2v) is 8.46. The standard InChI is InChI=1S/C29H25NO6/c1-5-13-35-23-12-10-18(15-24(23)34-4)26-25-27(31)21-14-17(2)9-11-22(21)36-28(25)29(32)30(26)19-7-6-8-20(16-19)33-3/h5-12,14-16,26H,1,13H2,2-4H3. The Morgan fingerprint density at radius 2 is 1.83 bits per heavy atom. The zero-order chi connectivity index (χ0) is 25.4. The monoisotopic (exact) mass is 483 g/mol. The topological polar surface area (TPSA) is 78.2 Å². The number of carbonyl (C=O) groups excluding carboxylic acids is 1. The first-order chi connectivity index (χ1) is 17.5. The summed E-state index contributed by atoms with van der Waals surface area (Å²) in [6.07, 6.45) is 1.64. The first-order valence-electron chi connectivity index (χ1n) is 11.4. The van der Waals surface area contributed by atoms with Crippen molar-refractivity contribution in [1.29, 1.82) is 0 Å². The summed E-state index contributed by atoms with van der Waals surface area (Å²) in [5.74, 6) is 1.20. The first-order valence-corrected chi connectivity index (χ1v) is 11.4. The summed E-state index contributed by atoms with van der Waals surface area (Å²) in [4.78, 5) is 29.2. The van der Waals surface area contributed by atoms with Gasteiger partial charge in [-0.3, -0.25) is 14.5 Å². The molecule has 3 aromatic carbocycles. The minimum Gasteiger partial charge on any atom is -0.497 e. The minimum atomic E-state index is -0.747. The van der Waals surface area contributed by atoms with Gasteiger partial charge < -0.3 is 18.6 Å². The minimum absolute atomic E-state index is 0.0233. The third-order valence-electron chi connectivity index (χ3n) is 6.22. The molecule has 1 aliphatic heterocycles. The summed E-state index contributed by atoms with van der Waals surface area (Å²) in [5.41, 5.74) is 2.57. The Bertz CT molecular complexity index is 1550. The number of nitrogens with zero attached hydrogens (tertiary/aromatic N) is 1. The van der Waals surface area contributed by atoms with E-state index in [1.165, 1.54) is 7.11 Å². The number of anilines is 1. The van der Waals surface area contributed by atoms with Gasteiger partial charge in [-0.25, -0.2) is 0 Å². The number of carbonyl (C=O) groups is 1. The van der Waals surface area contributed by atoms with Crippen molar-refractivity contribution >= 4 is 22.6 Å². The van der Waals surface area contributed by atoms with Crippen molar-refractivity contribution in [2.24, 2.45) is 0 Å². The Hall–Kier alpha value is -4.52. The van der Waals surface area contributed by atoms with Crippen LogP contribution >= 0.6 is 0 Å². The lowest BCUT2D eigenvalue weighted by molar-refractivity contribution is 0.0971. The van der Waals surface area contributed by atoms with Gasteiger partial charge in [0, 0.05) is 11.8 Å². The van der Waals surface area contributed by atoms with Crippen LogP contribution in [0.5, 0.6) is 17.2 Å². The summed E-state index contributed by atoms with van der Waals surface area (Å²) < 4.78 is 22.7. The first kappa shape index (κ1) is 23.2. The maximum Gasteiger partial charge on any atom is 0.295 e. The van der Waals surface area contributed by atoms with Crippen LogP contribution in [-0.4, -0.2) is 26.7 Å². The van der Waals surface area contributed by atoms with E-state index in [9.17, 15) is 9.59 Å². The summed E-state index contributed by atoms with van der Waals surface area (Å²) in [7, 11) is 3.10. The number of benzene rings is 3. The molecule has 4 aromatic rings. The molecule has 0 saturated heterocycles. The molecule has 1 unspecified atom stereocenters. The number of amides is 1. The molecule has 0 fully saturated rings. The third kappa shape index (κ3) is 3.79. The van der Waals surface area contributed by atoms with Gasteiger partial charge in [-0.2, -0.15) is 0 Å². The van der Waals surface area contributed by atoms with E-state index in [0.717, 1.165) is 5.56 Å². The molecule has 7 nitrogen and oxygen atoms in total. The lowest BCUT2D eigenvalue weighted by Gasteiger charge is -2.26. The van der Waals surface area contributed by atoms with Crippen LogP contribution < -0.4 is 24.5 Å². The number of fused-ring (bicyclic) bond motifs is 2. The molecule has 1 atom stereocenters. The molecule has 5 rings (SSSR count).